The van der Waals surface area contributed by atoms with Crippen molar-refractivity contribution in [3.05, 3.63) is 65.2 Å². The second-order valence-electron chi connectivity index (χ2n) is 7.23. The van der Waals surface area contributed by atoms with E-state index in [1.54, 1.807) is 19.2 Å². The zero-order valence-electron chi connectivity index (χ0n) is 17.1. The fraction of sp³-hybridized carbons (Fsp3) is 0.391. The molecule has 0 aliphatic carbocycles. The second-order valence-corrected chi connectivity index (χ2v) is 7.23. The van der Waals surface area contributed by atoms with Gasteiger partial charge in [-0.15, -0.1) is 0 Å². The first-order valence-corrected chi connectivity index (χ1v) is 9.71. The molecule has 6 heteroatoms. The first-order chi connectivity index (χ1) is 14.0. The highest BCUT2D eigenvalue weighted by molar-refractivity contribution is 5.90. The van der Waals surface area contributed by atoms with Crippen molar-refractivity contribution in [2.24, 2.45) is 0 Å². The number of amides is 1. The molecule has 1 heterocycles. The van der Waals surface area contributed by atoms with Gasteiger partial charge < -0.3 is 19.5 Å². The highest BCUT2D eigenvalue weighted by Gasteiger charge is 2.42. The molecule has 1 aliphatic rings. The van der Waals surface area contributed by atoms with Crippen molar-refractivity contribution in [2.75, 3.05) is 27.4 Å². The van der Waals surface area contributed by atoms with E-state index in [4.69, 9.17) is 14.2 Å². The van der Waals surface area contributed by atoms with E-state index in [-0.39, 0.29) is 17.9 Å². The van der Waals surface area contributed by atoms with E-state index >= 15 is 0 Å². The number of carbonyl (C=O) groups is 2. The van der Waals surface area contributed by atoms with Crippen molar-refractivity contribution in [1.82, 2.24) is 5.32 Å². The lowest BCUT2D eigenvalue weighted by Crippen LogP contribution is -2.48. The first-order valence-electron chi connectivity index (χ1n) is 9.71. The number of hydrogen-bond acceptors (Lipinski definition) is 5. The van der Waals surface area contributed by atoms with E-state index in [1.807, 2.05) is 43.3 Å². The van der Waals surface area contributed by atoms with Crippen LogP contribution in [0.2, 0.25) is 0 Å². The molecule has 2 aromatic rings. The maximum absolute atomic E-state index is 13.4. The molecule has 0 saturated carbocycles. The summed E-state index contributed by atoms with van der Waals surface area (Å²) in [6.07, 6.45) is 1.25. The van der Waals surface area contributed by atoms with E-state index < -0.39 is 5.41 Å². The van der Waals surface area contributed by atoms with Gasteiger partial charge in [0.25, 0.3) is 0 Å². The van der Waals surface area contributed by atoms with Crippen LogP contribution < -0.4 is 10.1 Å². The van der Waals surface area contributed by atoms with Gasteiger partial charge in [0, 0.05) is 13.2 Å². The van der Waals surface area contributed by atoms with Crippen LogP contribution in [0.25, 0.3) is 0 Å². The largest absolute Gasteiger partial charge is 0.497 e. The van der Waals surface area contributed by atoms with Gasteiger partial charge in [-0.3, -0.25) is 4.79 Å². The zero-order chi connectivity index (χ0) is 20.9. The molecule has 1 fully saturated rings. The van der Waals surface area contributed by atoms with Crippen molar-refractivity contribution in [3.8, 4) is 5.75 Å². The fourth-order valence-corrected chi connectivity index (χ4v) is 3.72. The third kappa shape index (κ3) is 4.43. The lowest BCUT2D eigenvalue weighted by atomic mass is 9.73. The predicted octanol–water partition coefficient (Wildman–Crippen LogP) is 3.41. The van der Waals surface area contributed by atoms with Gasteiger partial charge in [0.15, 0.2) is 0 Å². The Morgan fingerprint density at radius 3 is 2.17 bits per heavy atom. The number of hydrogen-bond donors (Lipinski definition) is 1. The van der Waals surface area contributed by atoms with E-state index in [0.717, 1.165) is 16.9 Å². The number of carbonyl (C=O) groups excluding carboxylic acids is 2. The summed E-state index contributed by atoms with van der Waals surface area (Å²) in [6, 6.07) is 14.6. The van der Waals surface area contributed by atoms with Crippen molar-refractivity contribution in [3.63, 3.8) is 0 Å². The third-order valence-electron chi connectivity index (χ3n) is 5.60. The van der Waals surface area contributed by atoms with E-state index in [9.17, 15) is 9.59 Å². The Kier molecular flexibility index (Phi) is 6.54. The number of rotatable bonds is 6. The van der Waals surface area contributed by atoms with Gasteiger partial charge in [0.2, 0.25) is 5.91 Å². The molecule has 1 aliphatic heterocycles. The van der Waals surface area contributed by atoms with Gasteiger partial charge >= 0.3 is 5.97 Å². The molecule has 1 N–H and O–H groups in total. The molecule has 1 saturated heterocycles. The standard InChI is InChI=1S/C23H27NO5/c1-16(17-4-6-18(7-5-17)21(25)28-3)24-22(26)23(12-14-29-15-13-23)19-8-10-20(27-2)11-9-19/h4-11,16H,12-15H2,1-3H3,(H,24,26). The summed E-state index contributed by atoms with van der Waals surface area (Å²) in [5.41, 5.74) is 1.73. The monoisotopic (exact) mass is 397 g/mol. The van der Waals surface area contributed by atoms with Crippen LogP contribution in [-0.4, -0.2) is 39.3 Å². The zero-order valence-corrected chi connectivity index (χ0v) is 17.1. The number of nitrogens with one attached hydrogen (secondary N) is 1. The molecule has 29 heavy (non-hydrogen) atoms. The minimum atomic E-state index is -0.634. The van der Waals surface area contributed by atoms with Gasteiger partial charge in [-0.2, -0.15) is 0 Å². The molecule has 154 valence electrons. The topological polar surface area (TPSA) is 73.9 Å². The Morgan fingerprint density at radius 2 is 1.62 bits per heavy atom. The van der Waals surface area contributed by atoms with Crippen molar-refractivity contribution < 1.29 is 23.8 Å². The summed E-state index contributed by atoms with van der Waals surface area (Å²) in [4.78, 5) is 25.0. The summed E-state index contributed by atoms with van der Waals surface area (Å²) in [6.45, 7) is 3.02. The lowest BCUT2D eigenvalue weighted by molar-refractivity contribution is -0.131. The lowest BCUT2D eigenvalue weighted by Gasteiger charge is -2.37. The second kappa shape index (κ2) is 9.09. The molecule has 0 spiro atoms. The Labute approximate surface area is 171 Å². The Bertz CT molecular complexity index is 839. The average molecular weight is 397 g/mol. The average Bonchev–Trinajstić information content (AvgIpc) is 2.79. The van der Waals surface area contributed by atoms with E-state index in [2.05, 4.69) is 5.32 Å². The number of esters is 1. The van der Waals surface area contributed by atoms with Crippen molar-refractivity contribution in [1.29, 1.82) is 0 Å². The normalized spacial score (nSPS) is 16.5. The Morgan fingerprint density at radius 1 is 1.00 bits per heavy atom. The molecule has 1 atom stereocenters. The Balaban J connectivity index is 1.80. The van der Waals surface area contributed by atoms with E-state index in [1.165, 1.54) is 7.11 Å². The van der Waals surface area contributed by atoms with Gasteiger partial charge in [-0.05, 0) is 55.2 Å². The van der Waals surface area contributed by atoms with Gasteiger partial charge in [-0.25, -0.2) is 4.79 Å². The van der Waals surface area contributed by atoms with Crippen molar-refractivity contribution >= 4 is 11.9 Å². The van der Waals surface area contributed by atoms with Gasteiger partial charge in [0.05, 0.1) is 31.2 Å². The maximum atomic E-state index is 13.4. The summed E-state index contributed by atoms with van der Waals surface area (Å²) in [5, 5.41) is 3.15. The Hall–Kier alpha value is -2.86. The smallest absolute Gasteiger partial charge is 0.337 e. The van der Waals surface area contributed by atoms with Crippen LogP contribution in [-0.2, 0) is 19.7 Å². The van der Waals surface area contributed by atoms with Crippen LogP contribution in [0.5, 0.6) is 5.75 Å². The summed E-state index contributed by atoms with van der Waals surface area (Å²) in [5.74, 6) is 0.361. The number of benzene rings is 2. The van der Waals surface area contributed by atoms with Crippen LogP contribution in [0.3, 0.4) is 0 Å². The predicted molar refractivity (Wildman–Crippen MR) is 109 cm³/mol. The third-order valence-corrected chi connectivity index (χ3v) is 5.60. The molecule has 0 bridgehead atoms. The SMILES string of the molecule is COC(=O)c1ccc(C(C)NC(=O)C2(c3ccc(OC)cc3)CCOCC2)cc1. The molecular formula is C23H27NO5. The molecule has 6 nitrogen and oxygen atoms in total. The fourth-order valence-electron chi connectivity index (χ4n) is 3.72. The van der Waals surface area contributed by atoms with Crippen LogP contribution in [0.15, 0.2) is 48.5 Å². The van der Waals surface area contributed by atoms with Gasteiger partial charge in [0.1, 0.15) is 5.75 Å². The van der Waals surface area contributed by atoms with Crippen LogP contribution in [0, 0.1) is 0 Å². The molecular weight excluding hydrogens is 370 g/mol. The minimum absolute atomic E-state index is 0.0180. The van der Waals surface area contributed by atoms with Crippen LogP contribution in [0.1, 0.15) is 47.3 Å². The number of ether oxygens (including phenoxy) is 3. The summed E-state index contributed by atoms with van der Waals surface area (Å²) >= 11 is 0. The highest BCUT2D eigenvalue weighted by atomic mass is 16.5. The molecule has 2 aromatic carbocycles. The highest BCUT2D eigenvalue weighted by Crippen LogP contribution is 2.36. The van der Waals surface area contributed by atoms with Crippen LogP contribution >= 0.6 is 0 Å². The van der Waals surface area contributed by atoms with E-state index in [0.29, 0.717) is 31.6 Å². The summed E-state index contributed by atoms with van der Waals surface area (Å²) in [7, 11) is 2.98. The molecule has 3 rings (SSSR count). The minimum Gasteiger partial charge on any atom is -0.497 e. The molecule has 0 aromatic heterocycles. The number of methoxy groups -OCH3 is 2. The van der Waals surface area contributed by atoms with Crippen LogP contribution in [0.4, 0.5) is 0 Å². The maximum Gasteiger partial charge on any atom is 0.337 e. The molecule has 1 amide bonds. The molecule has 1 unspecified atom stereocenters. The van der Waals surface area contributed by atoms with Gasteiger partial charge in [-0.1, -0.05) is 24.3 Å². The molecule has 0 radical (unpaired) electrons. The first kappa shape index (κ1) is 20.9. The quantitative estimate of drug-likeness (QED) is 0.756. The van der Waals surface area contributed by atoms with Crippen molar-refractivity contribution in [2.45, 2.75) is 31.2 Å². The summed E-state index contributed by atoms with van der Waals surface area (Å²) < 4.78 is 15.5.